The summed E-state index contributed by atoms with van der Waals surface area (Å²) in [5.41, 5.74) is 0.00660. The minimum Gasteiger partial charge on any atom is -0.504 e. The second-order valence-corrected chi connectivity index (χ2v) is 8.56. The van der Waals surface area contributed by atoms with Crippen LogP contribution in [0.15, 0.2) is 30.0 Å². The fourth-order valence-corrected chi connectivity index (χ4v) is 2.31. The maximum absolute atomic E-state index is 12.6. The number of ether oxygens (including phenoxy) is 2. The second kappa shape index (κ2) is 9.48. The van der Waals surface area contributed by atoms with Crippen LogP contribution in [-0.2, 0) is 16.0 Å². The van der Waals surface area contributed by atoms with Gasteiger partial charge in [-0.25, -0.2) is 4.79 Å². The lowest BCUT2D eigenvalue weighted by molar-refractivity contribution is -0.117. The predicted molar refractivity (Wildman–Crippen MR) is 108 cm³/mol. The Balaban J connectivity index is 2.75. The van der Waals surface area contributed by atoms with Gasteiger partial charge in [0.15, 0.2) is 11.5 Å². The minimum absolute atomic E-state index is 0.0474. The first-order valence-electron chi connectivity index (χ1n) is 9.17. The van der Waals surface area contributed by atoms with Crippen molar-refractivity contribution in [1.29, 1.82) is 0 Å². The summed E-state index contributed by atoms with van der Waals surface area (Å²) >= 11 is 0. The van der Waals surface area contributed by atoms with Crippen molar-refractivity contribution >= 4 is 12.0 Å². The van der Waals surface area contributed by atoms with Crippen molar-refractivity contribution in [3.05, 3.63) is 35.5 Å². The number of carbonyl (C=O) groups excluding carboxylic acids is 2. The van der Waals surface area contributed by atoms with Crippen LogP contribution >= 0.6 is 0 Å². The zero-order chi connectivity index (χ0) is 21.5. The van der Waals surface area contributed by atoms with Crippen molar-refractivity contribution in [1.82, 2.24) is 10.6 Å². The summed E-state index contributed by atoms with van der Waals surface area (Å²) < 4.78 is 10.2. The van der Waals surface area contributed by atoms with Crippen molar-refractivity contribution in [2.24, 2.45) is 5.41 Å². The van der Waals surface area contributed by atoms with Gasteiger partial charge in [0.1, 0.15) is 11.3 Å². The number of phenols is 1. The number of nitrogens with one attached hydrogen (secondary N) is 2. The molecule has 0 unspecified atom stereocenters. The molecule has 7 nitrogen and oxygen atoms in total. The van der Waals surface area contributed by atoms with Crippen LogP contribution in [0.2, 0.25) is 0 Å². The third-order valence-corrected chi connectivity index (χ3v) is 3.40. The largest absolute Gasteiger partial charge is 0.504 e. The first-order chi connectivity index (χ1) is 12.8. The summed E-state index contributed by atoms with van der Waals surface area (Å²) in [6, 6.07) is 5.08. The SMILES string of the molecule is COc1ccc(CCNC(=O)/C(=C\C(C)(C)C)NC(=O)OC(C)(C)C)cc1O. The van der Waals surface area contributed by atoms with Gasteiger partial charge in [0, 0.05) is 6.54 Å². The van der Waals surface area contributed by atoms with E-state index in [0.717, 1.165) is 5.56 Å². The molecule has 1 aromatic carbocycles. The quantitative estimate of drug-likeness (QED) is 0.644. The van der Waals surface area contributed by atoms with Crippen molar-refractivity contribution in [3.63, 3.8) is 0 Å². The monoisotopic (exact) mass is 392 g/mol. The molecule has 0 heterocycles. The number of hydrogen-bond acceptors (Lipinski definition) is 5. The Bertz CT molecular complexity index is 727. The van der Waals surface area contributed by atoms with E-state index >= 15 is 0 Å². The number of alkyl carbamates (subject to hydrolysis) is 1. The number of amides is 2. The van der Waals surface area contributed by atoms with Crippen LogP contribution in [-0.4, -0.2) is 36.4 Å². The van der Waals surface area contributed by atoms with Crippen LogP contribution < -0.4 is 15.4 Å². The van der Waals surface area contributed by atoms with E-state index in [0.29, 0.717) is 18.7 Å². The molecule has 7 heteroatoms. The molecule has 1 rings (SSSR count). The molecule has 1 aromatic rings. The van der Waals surface area contributed by atoms with Crippen LogP contribution in [0.5, 0.6) is 11.5 Å². The number of phenolic OH excluding ortho intramolecular Hbond substituents is 1. The molecule has 3 N–H and O–H groups in total. The first kappa shape index (κ1) is 23.3. The van der Waals surface area contributed by atoms with Gasteiger partial charge in [0.05, 0.1) is 7.11 Å². The van der Waals surface area contributed by atoms with Gasteiger partial charge in [-0.15, -0.1) is 0 Å². The second-order valence-electron chi connectivity index (χ2n) is 8.56. The number of rotatable bonds is 6. The van der Waals surface area contributed by atoms with Gasteiger partial charge in [-0.05, 0) is 56.4 Å². The fourth-order valence-electron chi connectivity index (χ4n) is 2.31. The molecule has 0 radical (unpaired) electrons. The predicted octanol–water partition coefficient (Wildman–Crippen LogP) is 3.51. The normalized spacial score (nSPS) is 12.3. The molecule has 0 aliphatic rings. The third-order valence-electron chi connectivity index (χ3n) is 3.40. The number of allylic oxidation sites excluding steroid dienone is 1. The molecule has 0 spiro atoms. The van der Waals surface area contributed by atoms with Crippen LogP contribution in [0.25, 0.3) is 0 Å². The lowest BCUT2D eigenvalue weighted by Crippen LogP contribution is -2.39. The average molecular weight is 392 g/mol. The molecule has 0 fully saturated rings. The van der Waals surface area contributed by atoms with Crippen molar-refractivity contribution in [3.8, 4) is 11.5 Å². The van der Waals surface area contributed by atoms with Gasteiger partial charge in [-0.1, -0.05) is 26.8 Å². The van der Waals surface area contributed by atoms with Crippen LogP contribution in [0.4, 0.5) is 4.79 Å². The number of hydrogen-bond donors (Lipinski definition) is 3. The summed E-state index contributed by atoms with van der Waals surface area (Å²) in [5, 5.41) is 15.1. The topological polar surface area (TPSA) is 96.9 Å². The fraction of sp³-hybridized carbons (Fsp3) is 0.524. The lowest BCUT2D eigenvalue weighted by Gasteiger charge is -2.22. The van der Waals surface area contributed by atoms with Crippen molar-refractivity contribution in [2.75, 3.05) is 13.7 Å². The minimum atomic E-state index is -0.682. The molecule has 0 aliphatic heterocycles. The molecule has 0 saturated carbocycles. The van der Waals surface area contributed by atoms with E-state index < -0.39 is 17.6 Å². The van der Waals surface area contributed by atoms with E-state index in [1.54, 1.807) is 39.0 Å². The highest BCUT2D eigenvalue weighted by atomic mass is 16.6. The Morgan fingerprint density at radius 2 is 1.79 bits per heavy atom. The Kier molecular flexibility index (Phi) is 7.90. The molecule has 0 aliphatic carbocycles. The van der Waals surface area contributed by atoms with Crippen LogP contribution in [0.3, 0.4) is 0 Å². The molecule has 0 bridgehead atoms. The van der Waals surface area contributed by atoms with Gasteiger partial charge in [0.25, 0.3) is 5.91 Å². The third kappa shape index (κ3) is 8.79. The summed E-state index contributed by atoms with van der Waals surface area (Å²) in [5.74, 6) is 0.0366. The Labute approximate surface area is 167 Å². The number of benzene rings is 1. The smallest absolute Gasteiger partial charge is 0.412 e. The van der Waals surface area contributed by atoms with E-state index in [9.17, 15) is 14.7 Å². The number of carbonyl (C=O) groups is 2. The van der Waals surface area contributed by atoms with Gasteiger partial charge < -0.3 is 19.9 Å². The van der Waals surface area contributed by atoms with Gasteiger partial charge in [-0.2, -0.15) is 0 Å². The first-order valence-corrected chi connectivity index (χ1v) is 9.17. The van der Waals surface area contributed by atoms with E-state index in [1.807, 2.05) is 26.8 Å². The molecule has 28 heavy (non-hydrogen) atoms. The van der Waals surface area contributed by atoms with E-state index in [-0.39, 0.29) is 16.9 Å². The molecule has 2 amide bonds. The Hall–Kier alpha value is -2.70. The molecule has 0 aromatic heterocycles. The highest BCUT2D eigenvalue weighted by molar-refractivity contribution is 5.96. The van der Waals surface area contributed by atoms with Crippen molar-refractivity contribution in [2.45, 2.75) is 53.6 Å². The van der Waals surface area contributed by atoms with E-state index in [2.05, 4.69) is 10.6 Å². The summed E-state index contributed by atoms with van der Waals surface area (Å²) in [7, 11) is 1.48. The Morgan fingerprint density at radius 3 is 2.29 bits per heavy atom. The summed E-state index contributed by atoms with van der Waals surface area (Å²) in [4.78, 5) is 24.6. The zero-order valence-corrected chi connectivity index (χ0v) is 17.8. The molecule has 0 atom stereocenters. The molecular formula is C21H32N2O5. The average Bonchev–Trinajstić information content (AvgIpc) is 2.51. The lowest BCUT2D eigenvalue weighted by atomic mass is 9.95. The van der Waals surface area contributed by atoms with Crippen LogP contribution in [0, 0.1) is 5.41 Å². The zero-order valence-electron chi connectivity index (χ0n) is 17.8. The summed E-state index contributed by atoms with van der Waals surface area (Å²) in [6.45, 7) is 11.4. The molecular weight excluding hydrogens is 360 g/mol. The van der Waals surface area contributed by atoms with E-state index in [1.165, 1.54) is 7.11 Å². The van der Waals surface area contributed by atoms with Gasteiger partial charge in [-0.3, -0.25) is 10.1 Å². The molecule has 0 saturated heterocycles. The van der Waals surface area contributed by atoms with Gasteiger partial charge in [0.2, 0.25) is 0 Å². The highest BCUT2D eigenvalue weighted by Crippen LogP contribution is 2.26. The van der Waals surface area contributed by atoms with Crippen LogP contribution in [0.1, 0.15) is 47.1 Å². The highest BCUT2D eigenvalue weighted by Gasteiger charge is 2.21. The number of methoxy groups -OCH3 is 1. The van der Waals surface area contributed by atoms with E-state index in [4.69, 9.17) is 9.47 Å². The standard InChI is InChI=1S/C21H32N2O5/c1-20(2,3)13-15(23-19(26)28-21(4,5)6)18(25)22-11-10-14-8-9-17(27-7)16(24)12-14/h8-9,12-13,24H,10-11H2,1-7H3,(H,22,25)(H,23,26)/b15-13+. The summed E-state index contributed by atoms with van der Waals surface area (Å²) in [6.07, 6.45) is 1.52. The van der Waals surface area contributed by atoms with Gasteiger partial charge >= 0.3 is 6.09 Å². The van der Waals surface area contributed by atoms with Crippen molar-refractivity contribution < 1.29 is 24.2 Å². The Morgan fingerprint density at radius 1 is 1.14 bits per heavy atom. The maximum Gasteiger partial charge on any atom is 0.412 e. The molecule has 156 valence electrons. The maximum atomic E-state index is 12.6. The number of aromatic hydroxyl groups is 1.